The number of fused-ring (bicyclic) bond motifs is 1. The van der Waals surface area contributed by atoms with Crippen molar-refractivity contribution >= 4 is 5.78 Å². The molecule has 0 bridgehead atoms. The van der Waals surface area contributed by atoms with Gasteiger partial charge in [0.25, 0.3) is 0 Å². The van der Waals surface area contributed by atoms with Crippen LogP contribution in [-0.2, 0) is 0 Å². The summed E-state index contributed by atoms with van der Waals surface area (Å²) >= 11 is 0. The lowest BCUT2D eigenvalue weighted by atomic mass is 9.90. The van der Waals surface area contributed by atoms with E-state index in [1.54, 1.807) is 6.07 Å². The van der Waals surface area contributed by atoms with Crippen molar-refractivity contribution < 1.29 is 14.3 Å². The van der Waals surface area contributed by atoms with Gasteiger partial charge in [-0.3, -0.25) is 4.79 Å². The van der Waals surface area contributed by atoms with Gasteiger partial charge in [0, 0.05) is 18.0 Å². The molecule has 0 spiro atoms. The molecule has 2 atom stereocenters. The van der Waals surface area contributed by atoms with E-state index in [1.807, 2.05) is 12.1 Å². The molecule has 3 rings (SSSR count). The minimum absolute atomic E-state index is 0.171. The van der Waals surface area contributed by atoms with E-state index in [4.69, 9.17) is 9.47 Å². The third-order valence-corrected chi connectivity index (χ3v) is 3.88. The van der Waals surface area contributed by atoms with Crippen molar-refractivity contribution in [2.45, 2.75) is 32.2 Å². The summed E-state index contributed by atoms with van der Waals surface area (Å²) in [5.74, 6) is 2.28. The molecule has 4 nitrogen and oxygen atoms in total. The monoisotopic (exact) mass is 261 g/mol. The maximum absolute atomic E-state index is 12.3. The molecule has 1 N–H and O–H groups in total. The predicted molar refractivity (Wildman–Crippen MR) is 71.7 cm³/mol. The standard InChI is InChI=1S/C15H19NO3/c1-10-4-5-16-12(6-10)8-13(17)11-2-3-14-15(7-11)19-9-18-14/h2-3,7,10,12,16H,4-6,8-9H2,1H3. The molecule has 1 saturated heterocycles. The first-order valence-corrected chi connectivity index (χ1v) is 6.88. The lowest BCUT2D eigenvalue weighted by Gasteiger charge is -2.27. The molecule has 1 aromatic carbocycles. The number of ether oxygens (including phenoxy) is 2. The fraction of sp³-hybridized carbons (Fsp3) is 0.533. The zero-order valence-corrected chi connectivity index (χ0v) is 11.1. The highest BCUT2D eigenvalue weighted by molar-refractivity contribution is 5.97. The number of benzene rings is 1. The van der Waals surface area contributed by atoms with E-state index >= 15 is 0 Å². The summed E-state index contributed by atoms with van der Waals surface area (Å²) < 4.78 is 10.6. The summed E-state index contributed by atoms with van der Waals surface area (Å²) in [5.41, 5.74) is 0.712. The van der Waals surface area contributed by atoms with E-state index in [9.17, 15) is 4.79 Å². The molecule has 0 radical (unpaired) electrons. The number of nitrogens with one attached hydrogen (secondary N) is 1. The molecule has 1 aromatic rings. The number of hydrogen-bond acceptors (Lipinski definition) is 4. The van der Waals surface area contributed by atoms with Crippen molar-refractivity contribution in [3.8, 4) is 11.5 Å². The van der Waals surface area contributed by atoms with Crippen LogP contribution in [0.4, 0.5) is 0 Å². The van der Waals surface area contributed by atoms with Gasteiger partial charge in [0.05, 0.1) is 0 Å². The van der Waals surface area contributed by atoms with E-state index in [2.05, 4.69) is 12.2 Å². The van der Waals surface area contributed by atoms with Crippen molar-refractivity contribution in [2.24, 2.45) is 5.92 Å². The Labute approximate surface area is 113 Å². The molecule has 102 valence electrons. The number of ketones is 1. The average Bonchev–Trinajstić information content (AvgIpc) is 2.85. The first-order valence-electron chi connectivity index (χ1n) is 6.88. The number of piperidine rings is 1. The molecule has 0 aliphatic carbocycles. The van der Waals surface area contributed by atoms with Gasteiger partial charge in [0.1, 0.15) is 0 Å². The molecule has 1 fully saturated rings. The Morgan fingerprint density at radius 1 is 1.37 bits per heavy atom. The van der Waals surface area contributed by atoms with Gasteiger partial charge in [-0.2, -0.15) is 0 Å². The molecule has 2 aliphatic rings. The predicted octanol–water partition coefficient (Wildman–Crippen LogP) is 2.38. The van der Waals surface area contributed by atoms with Crippen molar-refractivity contribution in [1.82, 2.24) is 5.32 Å². The Morgan fingerprint density at radius 2 is 2.21 bits per heavy atom. The van der Waals surface area contributed by atoms with Gasteiger partial charge >= 0.3 is 0 Å². The summed E-state index contributed by atoms with van der Waals surface area (Å²) in [6.45, 7) is 3.51. The fourth-order valence-electron chi connectivity index (χ4n) is 2.79. The highest BCUT2D eigenvalue weighted by Crippen LogP contribution is 2.33. The van der Waals surface area contributed by atoms with Crippen LogP contribution in [0.15, 0.2) is 18.2 Å². The van der Waals surface area contributed by atoms with Crippen LogP contribution in [0.5, 0.6) is 11.5 Å². The maximum atomic E-state index is 12.3. The first kappa shape index (κ1) is 12.5. The summed E-state index contributed by atoms with van der Waals surface area (Å²) in [5, 5.41) is 3.43. The van der Waals surface area contributed by atoms with E-state index in [1.165, 1.54) is 6.42 Å². The zero-order valence-electron chi connectivity index (χ0n) is 11.1. The van der Waals surface area contributed by atoms with Crippen LogP contribution < -0.4 is 14.8 Å². The largest absolute Gasteiger partial charge is 0.454 e. The molecule has 2 heterocycles. The van der Waals surface area contributed by atoms with Gasteiger partial charge in [0.2, 0.25) is 6.79 Å². The molecular weight excluding hydrogens is 242 g/mol. The van der Waals surface area contributed by atoms with E-state index < -0.39 is 0 Å². The van der Waals surface area contributed by atoms with Crippen LogP contribution in [0.3, 0.4) is 0 Å². The third-order valence-electron chi connectivity index (χ3n) is 3.88. The second kappa shape index (κ2) is 5.21. The summed E-state index contributed by atoms with van der Waals surface area (Å²) in [6.07, 6.45) is 2.84. The Kier molecular flexibility index (Phi) is 3.42. The SMILES string of the molecule is CC1CCNC(CC(=O)c2ccc3c(c2)OCO3)C1. The maximum Gasteiger partial charge on any atom is 0.231 e. The molecule has 4 heteroatoms. The van der Waals surface area contributed by atoms with E-state index in [0.29, 0.717) is 29.7 Å². The highest BCUT2D eigenvalue weighted by Gasteiger charge is 2.22. The molecular formula is C15H19NO3. The van der Waals surface area contributed by atoms with Gasteiger partial charge in [-0.25, -0.2) is 0 Å². The number of carbonyl (C=O) groups is 1. The van der Waals surface area contributed by atoms with Crippen LogP contribution in [-0.4, -0.2) is 25.2 Å². The Bertz CT molecular complexity index is 486. The molecule has 19 heavy (non-hydrogen) atoms. The minimum atomic E-state index is 0.171. The smallest absolute Gasteiger partial charge is 0.231 e. The zero-order chi connectivity index (χ0) is 13.2. The number of Topliss-reactive ketones (excluding diaryl/α,β-unsaturated/α-hetero) is 1. The van der Waals surface area contributed by atoms with Crippen molar-refractivity contribution in [2.75, 3.05) is 13.3 Å². The topological polar surface area (TPSA) is 47.6 Å². The van der Waals surface area contributed by atoms with Crippen LogP contribution >= 0.6 is 0 Å². The van der Waals surface area contributed by atoms with Crippen molar-refractivity contribution in [3.05, 3.63) is 23.8 Å². The van der Waals surface area contributed by atoms with Crippen LogP contribution in [0.1, 0.15) is 36.5 Å². The van der Waals surface area contributed by atoms with Crippen molar-refractivity contribution in [1.29, 1.82) is 0 Å². The van der Waals surface area contributed by atoms with E-state index in [0.717, 1.165) is 18.7 Å². The molecule has 2 unspecified atom stereocenters. The second-order valence-corrected chi connectivity index (χ2v) is 5.48. The van der Waals surface area contributed by atoms with Crippen LogP contribution in [0.2, 0.25) is 0 Å². The summed E-state index contributed by atoms with van der Waals surface area (Å²) in [4.78, 5) is 12.3. The summed E-state index contributed by atoms with van der Waals surface area (Å²) in [6, 6.07) is 5.73. The van der Waals surface area contributed by atoms with Crippen molar-refractivity contribution in [3.63, 3.8) is 0 Å². The van der Waals surface area contributed by atoms with Crippen LogP contribution in [0, 0.1) is 5.92 Å². The Balaban J connectivity index is 1.67. The summed E-state index contributed by atoms with van der Waals surface area (Å²) in [7, 11) is 0. The molecule has 0 saturated carbocycles. The first-order chi connectivity index (χ1) is 9.22. The number of rotatable bonds is 3. The van der Waals surface area contributed by atoms with E-state index in [-0.39, 0.29) is 12.6 Å². The second-order valence-electron chi connectivity index (χ2n) is 5.48. The lowest BCUT2D eigenvalue weighted by Crippen LogP contribution is -2.38. The minimum Gasteiger partial charge on any atom is -0.454 e. The van der Waals surface area contributed by atoms with Gasteiger partial charge in [-0.1, -0.05) is 6.92 Å². The number of hydrogen-bond donors (Lipinski definition) is 1. The number of carbonyl (C=O) groups excluding carboxylic acids is 1. The lowest BCUT2D eigenvalue weighted by molar-refractivity contribution is 0.0958. The molecule has 2 aliphatic heterocycles. The van der Waals surface area contributed by atoms with Gasteiger partial charge in [0.15, 0.2) is 17.3 Å². The average molecular weight is 261 g/mol. The Morgan fingerprint density at radius 3 is 3.05 bits per heavy atom. The van der Waals surface area contributed by atoms with Gasteiger partial charge in [-0.15, -0.1) is 0 Å². The normalized spacial score (nSPS) is 25.3. The van der Waals surface area contributed by atoms with Gasteiger partial charge < -0.3 is 14.8 Å². The third kappa shape index (κ3) is 2.73. The molecule has 0 amide bonds. The fourth-order valence-corrected chi connectivity index (χ4v) is 2.79. The molecule has 0 aromatic heterocycles. The highest BCUT2D eigenvalue weighted by atomic mass is 16.7. The Hall–Kier alpha value is -1.55. The quantitative estimate of drug-likeness (QED) is 0.849. The van der Waals surface area contributed by atoms with Crippen LogP contribution in [0.25, 0.3) is 0 Å². The van der Waals surface area contributed by atoms with Gasteiger partial charge in [-0.05, 0) is 43.5 Å².